The number of carbonyl (C=O) groups is 3. The van der Waals surface area contributed by atoms with Gasteiger partial charge in [-0.2, -0.15) is 0 Å². The molecule has 0 amide bonds. The zero-order valence-corrected chi connectivity index (χ0v) is 24.4. The Morgan fingerprint density at radius 1 is 0.707 bits per heavy atom. The molecule has 3 aromatic heterocycles. The van der Waals surface area contributed by atoms with E-state index >= 15 is 0 Å². The van der Waals surface area contributed by atoms with Gasteiger partial charge in [0.15, 0.2) is 22.2 Å². The number of hydrogen-bond donors (Lipinski definition) is 2. The first kappa shape index (κ1) is 39.5. The Hall–Kier alpha value is -3.63. The van der Waals surface area contributed by atoms with Crippen LogP contribution in [0.3, 0.4) is 0 Å². The number of halogens is 4. The molecule has 0 aliphatic carbocycles. The van der Waals surface area contributed by atoms with Crippen LogP contribution in [-0.2, 0) is 9.47 Å². The van der Waals surface area contributed by atoms with E-state index in [0.717, 1.165) is 19.8 Å². The van der Waals surface area contributed by atoms with Crippen molar-refractivity contribution in [2.45, 2.75) is 14.4 Å². The number of ether oxygens (including phenoxy) is 4. The Kier molecular flexibility index (Phi) is 20.4. The zero-order valence-electron chi connectivity index (χ0n) is 21.4. The van der Waals surface area contributed by atoms with E-state index < -0.39 is 17.9 Å². The van der Waals surface area contributed by atoms with Gasteiger partial charge < -0.3 is 29.2 Å². The maximum absolute atomic E-state index is 11.2. The van der Waals surface area contributed by atoms with E-state index in [0.29, 0.717) is 0 Å². The first-order valence-corrected chi connectivity index (χ1v) is 11.7. The minimum Gasteiger partial charge on any atom is -0.480 e. The number of rotatable bonds is 6. The highest BCUT2D eigenvalue weighted by atomic mass is 35.5. The van der Waals surface area contributed by atoms with E-state index in [4.69, 9.17) is 66.1 Å². The van der Waals surface area contributed by atoms with E-state index in [9.17, 15) is 14.4 Å². The molecule has 15 nitrogen and oxygen atoms in total. The molecule has 226 valence electrons. The molecule has 3 rings (SSSR count). The van der Waals surface area contributed by atoms with Crippen molar-refractivity contribution < 1.29 is 43.5 Å². The normalized spacial score (nSPS) is 9.02. The molecule has 0 saturated carbocycles. The van der Waals surface area contributed by atoms with Crippen LogP contribution in [0.5, 0.6) is 11.8 Å². The van der Waals surface area contributed by atoms with Crippen molar-refractivity contribution in [3.63, 3.8) is 0 Å². The maximum Gasteiger partial charge on any atom is 0.358 e. The molecule has 3 heterocycles. The third-order valence-corrected chi connectivity index (χ3v) is 5.12. The minimum atomic E-state index is -1.21. The SMILES string of the molecule is C.CCOC(=O)c1ncnc(Cl)c1Cl.CO.COC(=O)c1ncnc(OC)c1Cl.COc1ncnc(C(=O)O)c1Cl. The fourth-order valence-corrected chi connectivity index (χ4v) is 2.89. The van der Waals surface area contributed by atoms with Gasteiger partial charge in [0.25, 0.3) is 0 Å². The van der Waals surface area contributed by atoms with Crippen molar-refractivity contribution in [3.05, 3.63) is 56.3 Å². The average molecular weight is 660 g/mol. The number of aliphatic hydroxyl groups is 1. The Morgan fingerprint density at radius 3 is 1.54 bits per heavy atom. The molecule has 19 heteroatoms. The van der Waals surface area contributed by atoms with E-state index in [1.807, 2.05) is 0 Å². The van der Waals surface area contributed by atoms with Gasteiger partial charge in [-0.1, -0.05) is 53.8 Å². The molecular formula is C22H26Cl4N6O9. The fraction of sp³-hybridized carbons (Fsp3) is 0.318. The predicted molar refractivity (Wildman–Crippen MR) is 148 cm³/mol. The van der Waals surface area contributed by atoms with E-state index in [1.165, 1.54) is 27.7 Å². The van der Waals surface area contributed by atoms with Crippen molar-refractivity contribution in [2.24, 2.45) is 0 Å². The van der Waals surface area contributed by atoms with Gasteiger partial charge in [0.05, 0.1) is 27.9 Å². The molecule has 0 aliphatic heterocycles. The third kappa shape index (κ3) is 12.2. The highest BCUT2D eigenvalue weighted by molar-refractivity contribution is 6.42. The smallest absolute Gasteiger partial charge is 0.358 e. The molecule has 0 aromatic carbocycles. The summed E-state index contributed by atoms with van der Waals surface area (Å²) in [5.41, 5.74) is -0.275. The largest absolute Gasteiger partial charge is 0.480 e. The van der Waals surface area contributed by atoms with Gasteiger partial charge in [0.2, 0.25) is 11.8 Å². The number of aromatic carboxylic acids is 1. The van der Waals surface area contributed by atoms with Gasteiger partial charge in [-0.3, -0.25) is 0 Å². The Labute approximate surface area is 254 Å². The summed E-state index contributed by atoms with van der Waals surface area (Å²) in [4.78, 5) is 54.4. The monoisotopic (exact) mass is 658 g/mol. The topological polar surface area (TPSA) is 206 Å². The summed E-state index contributed by atoms with van der Waals surface area (Å²) in [7, 11) is 4.99. The summed E-state index contributed by atoms with van der Waals surface area (Å²) in [5.74, 6) is -2.22. The van der Waals surface area contributed by atoms with Crippen molar-refractivity contribution in [1.82, 2.24) is 29.9 Å². The number of hydrogen-bond acceptors (Lipinski definition) is 14. The molecule has 0 saturated heterocycles. The van der Waals surface area contributed by atoms with Crippen LogP contribution in [0.25, 0.3) is 0 Å². The van der Waals surface area contributed by atoms with Crippen molar-refractivity contribution in [3.8, 4) is 11.8 Å². The van der Waals surface area contributed by atoms with E-state index in [1.54, 1.807) is 6.92 Å². The van der Waals surface area contributed by atoms with Crippen LogP contribution in [0.2, 0.25) is 20.2 Å². The van der Waals surface area contributed by atoms with Gasteiger partial charge in [0, 0.05) is 7.11 Å². The van der Waals surface area contributed by atoms with Crippen molar-refractivity contribution >= 4 is 64.3 Å². The van der Waals surface area contributed by atoms with Crippen molar-refractivity contribution in [1.29, 1.82) is 0 Å². The van der Waals surface area contributed by atoms with Gasteiger partial charge in [-0.25, -0.2) is 44.3 Å². The second-order valence-electron chi connectivity index (χ2n) is 5.94. The number of aromatic nitrogens is 6. The highest BCUT2D eigenvalue weighted by Crippen LogP contribution is 2.24. The maximum atomic E-state index is 11.2. The molecule has 0 bridgehead atoms. The van der Waals surface area contributed by atoms with Gasteiger partial charge in [0.1, 0.15) is 34.0 Å². The van der Waals surface area contributed by atoms with Gasteiger partial charge >= 0.3 is 17.9 Å². The highest BCUT2D eigenvalue weighted by Gasteiger charge is 2.17. The van der Waals surface area contributed by atoms with Crippen LogP contribution in [0.15, 0.2) is 19.0 Å². The van der Waals surface area contributed by atoms with E-state index in [-0.39, 0.29) is 63.1 Å². The zero-order chi connectivity index (χ0) is 30.8. The standard InChI is InChI=1S/C7H6Cl2N2O2.C7H7ClN2O3.C6H5ClN2O3.CH4O.CH4/c1-2-13-7(12)5-4(8)6(9)11-3-10-5;1-12-6-4(8)5(7(11)13-2)9-3-10-6;1-12-5-3(7)4(6(10)11)8-2-9-5;1-2;/h3H,2H2,1H3;3H,1-2H3;2H,1H3,(H,10,11);2H,1H3;1H4. The molecule has 0 aliphatic rings. The first-order valence-electron chi connectivity index (χ1n) is 10.2. The molecule has 0 fully saturated rings. The van der Waals surface area contributed by atoms with Crippen LogP contribution in [-0.4, -0.2) is 93.1 Å². The molecule has 0 atom stereocenters. The molecule has 41 heavy (non-hydrogen) atoms. The van der Waals surface area contributed by atoms with Crippen LogP contribution in [0.4, 0.5) is 0 Å². The summed E-state index contributed by atoms with van der Waals surface area (Å²) < 4.78 is 18.6. The number of carbonyl (C=O) groups excluding carboxylic acids is 2. The Bertz CT molecular complexity index is 1290. The van der Waals surface area contributed by atoms with Crippen LogP contribution < -0.4 is 9.47 Å². The molecule has 0 unspecified atom stereocenters. The summed E-state index contributed by atoms with van der Waals surface area (Å²) in [6.45, 7) is 1.95. The lowest BCUT2D eigenvalue weighted by molar-refractivity contribution is 0.0518. The third-order valence-electron chi connectivity index (χ3n) is 3.70. The second kappa shape index (κ2) is 21.2. The Morgan fingerprint density at radius 2 is 1.12 bits per heavy atom. The number of methoxy groups -OCH3 is 3. The average Bonchev–Trinajstić information content (AvgIpc) is 2.96. The Balaban J connectivity index is 0. The minimum absolute atomic E-state index is 0. The molecule has 0 radical (unpaired) electrons. The number of nitrogens with zero attached hydrogens (tertiary/aromatic N) is 6. The first-order chi connectivity index (χ1) is 19.0. The van der Waals surface area contributed by atoms with Gasteiger partial charge in [-0.05, 0) is 6.92 Å². The summed E-state index contributed by atoms with van der Waals surface area (Å²) in [6, 6.07) is 0. The lowest BCUT2D eigenvalue weighted by atomic mass is 10.4. The summed E-state index contributed by atoms with van der Waals surface area (Å²) in [6.07, 6.45) is 3.41. The number of esters is 2. The van der Waals surface area contributed by atoms with Crippen LogP contribution in [0.1, 0.15) is 45.8 Å². The fourth-order valence-electron chi connectivity index (χ4n) is 2.07. The molecule has 2 N–H and O–H groups in total. The summed E-state index contributed by atoms with van der Waals surface area (Å²) >= 11 is 22.5. The van der Waals surface area contributed by atoms with Crippen LogP contribution >= 0.6 is 46.4 Å². The molecule has 0 spiro atoms. The van der Waals surface area contributed by atoms with E-state index in [2.05, 4.69) is 39.4 Å². The van der Waals surface area contributed by atoms with Crippen LogP contribution in [0, 0.1) is 0 Å². The number of aliphatic hydroxyl groups excluding tert-OH is 1. The molecule has 3 aromatic rings. The lowest BCUT2D eigenvalue weighted by Gasteiger charge is -2.03. The van der Waals surface area contributed by atoms with Crippen molar-refractivity contribution in [2.75, 3.05) is 35.0 Å². The number of carboxylic acids is 1. The molecular weight excluding hydrogens is 634 g/mol. The van der Waals surface area contributed by atoms with Gasteiger partial charge in [-0.15, -0.1) is 0 Å². The predicted octanol–water partition coefficient (Wildman–Crippen LogP) is 3.97. The lowest BCUT2D eigenvalue weighted by Crippen LogP contribution is -2.08. The number of carboxylic acid groups (broad SMARTS) is 1. The second-order valence-corrected chi connectivity index (χ2v) is 7.43. The summed E-state index contributed by atoms with van der Waals surface area (Å²) in [5, 5.41) is 15.6. The quantitative estimate of drug-likeness (QED) is 0.283.